The van der Waals surface area contributed by atoms with Gasteiger partial charge in [0.2, 0.25) is 0 Å². The summed E-state index contributed by atoms with van der Waals surface area (Å²) < 4.78 is 0. The average molecular weight is 619 g/mol. The van der Waals surface area contributed by atoms with E-state index in [1.165, 1.54) is 154 Å². The molecule has 258 valence electrons. The van der Waals surface area contributed by atoms with E-state index >= 15 is 0 Å². The summed E-state index contributed by atoms with van der Waals surface area (Å²) in [6.45, 7) is 14.3. The SMILES string of the molecule is CCCCCCCCC(CCCC)[CH2][Al]([CH2]C(CCCC)CCCCCCCC)[CH2]C(CCCC)CCCCCCCC. The molecule has 0 bridgehead atoms. The zero-order valence-electron chi connectivity index (χ0n) is 31.6. The van der Waals surface area contributed by atoms with Crippen molar-refractivity contribution in [1.82, 2.24) is 0 Å². The second kappa shape index (κ2) is 35.4. The molecule has 0 aliphatic rings. The van der Waals surface area contributed by atoms with Gasteiger partial charge in [-0.3, -0.25) is 0 Å². The third-order valence-electron chi connectivity index (χ3n) is 10.8. The van der Waals surface area contributed by atoms with Crippen LogP contribution in [0.5, 0.6) is 0 Å². The summed E-state index contributed by atoms with van der Waals surface area (Å²) >= 11 is -0.745. The molecule has 0 aromatic heterocycles. The van der Waals surface area contributed by atoms with Crippen LogP contribution in [0.2, 0.25) is 15.8 Å². The van der Waals surface area contributed by atoms with Crippen LogP contribution in [0, 0.1) is 17.8 Å². The van der Waals surface area contributed by atoms with Crippen LogP contribution in [0.3, 0.4) is 0 Å². The van der Waals surface area contributed by atoms with Crippen molar-refractivity contribution in [2.24, 2.45) is 17.8 Å². The maximum atomic E-state index is 2.43. The van der Waals surface area contributed by atoms with Crippen molar-refractivity contribution >= 4 is 14.1 Å². The fourth-order valence-electron chi connectivity index (χ4n) is 7.96. The maximum Gasteiger partial charge on any atom is 0.262 e. The second-order valence-electron chi connectivity index (χ2n) is 15.3. The Morgan fingerprint density at radius 3 is 0.721 bits per heavy atom. The molecular formula is C42H87Al. The van der Waals surface area contributed by atoms with Crippen LogP contribution < -0.4 is 0 Å². The molecule has 3 unspecified atom stereocenters. The molecule has 0 aromatic rings. The Balaban J connectivity index is 5.46. The Hall–Kier alpha value is 0.532. The molecule has 0 N–H and O–H groups in total. The van der Waals surface area contributed by atoms with Crippen LogP contribution in [0.25, 0.3) is 0 Å². The van der Waals surface area contributed by atoms with Crippen molar-refractivity contribution in [2.45, 2.75) is 250 Å². The minimum atomic E-state index is -0.745. The molecule has 0 rings (SSSR count). The van der Waals surface area contributed by atoms with Gasteiger partial charge in [-0.25, -0.2) is 0 Å². The molecule has 0 saturated carbocycles. The lowest BCUT2D eigenvalue weighted by molar-refractivity contribution is 0.411. The third kappa shape index (κ3) is 29.7. The minimum Gasteiger partial charge on any atom is -0.0910 e. The molecule has 0 radical (unpaired) electrons. The Labute approximate surface area is 280 Å². The number of hydrogen-bond donors (Lipinski definition) is 0. The maximum absolute atomic E-state index is 2.43. The molecule has 43 heavy (non-hydrogen) atoms. The first-order chi connectivity index (χ1) is 21.1. The van der Waals surface area contributed by atoms with E-state index in [0.717, 1.165) is 17.8 Å². The Morgan fingerprint density at radius 1 is 0.256 bits per heavy atom. The van der Waals surface area contributed by atoms with E-state index in [0.29, 0.717) is 0 Å². The zero-order valence-corrected chi connectivity index (χ0v) is 32.8. The second-order valence-corrected chi connectivity index (χ2v) is 18.4. The average Bonchev–Trinajstić information content (AvgIpc) is 3.01. The highest BCUT2D eigenvalue weighted by Crippen LogP contribution is 2.34. The highest BCUT2D eigenvalue weighted by atomic mass is 27.2. The summed E-state index contributed by atoms with van der Waals surface area (Å²) in [4.78, 5) is 0. The molecule has 0 heterocycles. The monoisotopic (exact) mass is 619 g/mol. The summed E-state index contributed by atoms with van der Waals surface area (Å²) in [7, 11) is 0. The van der Waals surface area contributed by atoms with Crippen molar-refractivity contribution in [2.75, 3.05) is 0 Å². The van der Waals surface area contributed by atoms with Gasteiger partial charge in [-0.05, 0) is 0 Å². The fraction of sp³-hybridized carbons (Fsp3) is 1.00. The number of hydrogen-bond acceptors (Lipinski definition) is 0. The first-order valence-electron chi connectivity index (χ1n) is 21.1. The van der Waals surface area contributed by atoms with Gasteiger partial charge in [-0.15, -0.1) is 0 Å². The third-order valence-corrected chi connectivity index (χ3v) is 14.8. The van der Waals surface area contributed by atoms with Crippen LogP contribution in [0.1, 0.15) is 234 Å². The van der Waals surface area contributed by atoms with Gasteiger partial charge in [-0.1, -0.05) is 268 Å². The van der Waals surface area contributed by atoms with Gasteiger partial charge in [0.15, 0.2) is 0 Å². The standard InChI is InChI=1S/3C14H29.Al/c3*1-4-6-8-9-10-11-13-14(3)12-7-5-2;/h3*14H,3-13H2,1-2H3;. The normalized spacial score (nSPS) is 13.8. The molecule has 0 amide bonds. The molecule has 0 aliphatic carbocycles. The predicted molar refractivity (Wildman–Crippen MR) is 203 cm³/mol. The molecular weight excluding hydrogens is 531 g/mol. The Bertz CT molecular complexity index is 430. The van der Waals surface area contributed by atoms with Crippen molar-refractivity contribution < 1.29 is 0 Å². The molecule has 0 nitrogen and oxygen atoms in total. The first kappa shape index (κ1) is 43.5. The van der Waals surface area contributed by atoms with Crippen LogP contribution in [0.4, 0.5) is 0 Å². The van der Waals surface area contributed by atoms with E-state index in [1.807, 2.05) is 0 Å². The van der Waals surface area contributed by atoms with Crippen molar-refractivity contribution in [3.8, 4) is 0 Å². The van der Waals surface area contributed by atoms with Crippen LogP contribution in [-0.2, 0) is 0 Å². The largest absolute Gasteiger partial charge is 0.262 e. The summed E-state index contributed by atoms with van der Waals surface area (Å²) in [5.41, 5.74) is 0. The molecule has 0 aliphatic heterocycles. The minimum absolute atomic E-state index is 0.745. The van der Waals surface area contributed by atoms with E-state index in [2.05, 4.69) is 41.5 Å². The quantitative estimate of drug-likeness (QED) is 0.0484. The molecule has 0 saturated heterocycles. The molecule has 1 heteroatoms. The van der Waals surface area contributed by atoms with Gasteiger partial charge in [-0.2, -0.15) is 0 Å². The van der Waals surface area contributed by atoms with Gasteiger partial charge in [0.25, 0.3) is 14.1 Å². The Morgan fingerprint density at radius 2 is 0.465 bits per heavy atom. The highest BCUT2D eigenvalue weighted by molar-refractivity contribution is 6.59. The van der Waals surface area contributed by atoms with Crippen LogP contribution in [-0.4, -0.2) is 14.1 Å². The predicted octanol–water partition coefficient (Wildman–Crippen LogP) is 16.2. The van der Waals surface area contributed by atoms with Crippen molar-refractivity contribution in [3.63, 3.8) is 0 Å². The smallest absolute Gasteiger partial charge is 0.0910 e. The van der Waals surface area contributed by atoms with Crippen molar-refractivity contribution in [1.29, 1.82) is 0 Å². The van der Waals surface area contributed by atoms with Gasteiger partial charge in [0.1, 0.15) is 0 Å². The van der Waals surface area contributed by atoms with E-state index in [1.54, 1.807) is 54.4 Å². The molecule has 0 aromatic carbocycles. The van der Waals surface area contributed by atoms with E-state index in [9.17, 15) is 0 Å². The summed E-state index contributed by atoms with van der Waals surface area (Å²) in [5.74, 6) is 3.18. The fourth-order valence-corrected chi connectivity index (χ4v) is 12.8. The molecule has 0 spiro atoms. The first-order valence-corrected chi connectivity index (χ1v) is 23.6. The number of unbranched alkanes of at least 4 members (excludes halogenated alkanes) is 18. The van der Waals surface area contributed by atoms with E-state index in [-0.39, 0.29) is 0 Å². The van der Waals surface area contributed by atoms with E-state index < -0.39 is 14.1 Å². The lowest BCUT2D eigenvalue weighted by Crippen LogP contribution is -2.25. The summed E-state index contributed by atoms with van der Waals surface area (Å²) in [6, 6.07) is 0. The molecule has 3 atom stereocenters. The van der Waals surface area contributed by atoms with E-state index in [4.69, 9.17) is 0 Å². The summed E-state index contributed by atoms with van der Waals surface area (Å²) in [6.07, 6.45) is 44.4. The Kier molecular flexibility index (Phi) is 35.8. The molecule has 0 fully saturated rings. The zero-order chi connectivity index (χ0) is 31.6. The van der Waals surface area contributed by atoms with Gasteiger partial charge < -0.3 is 0 Å². The van der Waals surface area contributed by atoms with Gasteiger partial charge in [0.05, 0.1) is 0 Å². The topological polar surface area (TPSA) is 0 Å². The lowest BCUT2D eigenvalue weighted by atomic mass is 9.96. The highest BCUT2D eigenvalue weighted by Gasteiger charge is 2.28. The summed E-state index contributed by atoms with van der Waals surface area (Å²) in [5, 5.41) is 5.10. The van der Waals surface area contributed by atoms with Gasteiger partial charge >= 0.3 is 0 Å². The lowest BCUT2D eigenvalue weighted by Gasteiger charge is -2.28. The van der Waals surface area contributed by atoms with Crippen molar-refractivity contribution in [3.05, 3.63) is 0 Å². The van der Waals surface area contributed by atoms with Crippen LogP contribution >= 0.6 is 0 Å². The van der Waals surface area contributed by atoms with Gasteiger partial charge in [0, 0.05) is 0 Å². The number of rotatable bonds is 36. The van der Waals surface area contributed by atoms with Crippen LogP contribution in [0.15, 0.2) is 0 Å².